The Labute approximate surface area is 179 Å². The summed E-state index contributed by atoms with van der Waals surface area (Å²) in [6, 6.07) is 15.0. The lowest BCUT2D eigenvalue weighted by Gasteiger charge is -2.37. The second-order valence-electron chi connectivity index (χ2n) is 7.68. The van der Waals surface area contributed by atoms with E-state index in [1.165, 1.54) is 4.90 Å². The van der Waals surface area contributed by atoms with Gasteiger partial charge in [0.2, 0.25) is 0 Å². The molecule has 0 saturated carbocycles. The molecule has 0 bridgehead atoms. The van der Waals surface area contributed by atoms with Crippen molar-refractivity contribution in [3.05, 3.63) is 69.8 Å². The normalized spacial score (nSPS) is 22.6. The van der Waals surface area contributed by atoms with Gasteiger partial charge in [-0.05, 0) is 44.5 Å². The molecule has 5 nitrogen and oxygen atoms in total. The van der Waals surface area contributed by atoms with E-state index in [4.69, 9.17) is 4.74 Å². The van der Waals surface area contributed by atoms with Crippen molar-refractivity contribution in [1.29, 1.82) is 0 Å². The zero-order valence-corrected chi connectivity index (χ0v) is 18.3. The third kappa shape index (κ3) is 3.74. The van der Waals surface area contributed by atoms with E-state index in [2.05, 4.69) is 15.9 Å². The third-order valence-corrected chi connectivity index (χ3v) is 5.70. The highest BCUT2D eigenvalue weighted by Crippen LogP contribution is 2.36. The van der Waals surface area contributed by atoms with Gasteiger partial charge < -0.3 is 9.64 Å². The maximum atomic E-state index is 13.5. The number of benzene rings is 2. The van der Waals surface area contributed by atoms with Gasteiger partial charge in [0, 0.05) is 17.6 Å². The Kier molecular flexibility index (Phi) is 5.32. The number of anilines is 1. The van der Waals surface area contributed by atoms with Crippen molar-refractivity contribution in [2.24, 2.45) is 0 Å². The third-order valence-electron chi connectivity index (χ3n) is 5.20. The molecule has 2 amide bonds. The smallest absolute Gasteiger partial charge is 0.282 e. The Bertz CT molecular complexity index is 989. The molecule has 2 heterocycles. The maximum absolute atomic E-state index is 13.5. The summed E-state index contributed by atoms with van der Waals surface area (Å²) in [7, 11) is 0. The van der Waals surface area contributed by atoms with Crippen LogP contribution in [0.1, 0.15) is 25.0 Å². The van der Waals surface area contributed by atoms with Crippen molar-refractivity contribution in [1.82, 2.24) is 4.90 Å². The topological polar surface area (TPSA) is 49.9 Å². The summed E-state index contributed by atoms with van der Waals surface area (Å²) in [5.41, 5.74) is 3.33. The first-order valence-electron chi connectivity index (χ1n) is 9.71. The molecule has 2 aromatic carbocycles. The maximum Gasteiger partial charge on any atom is 0.282 e. The van der Waals surface area contributed by atoms with Crippen LogP contribution in [0.4, 0.5) is 5.69 Å². The van der Waals surface area contributed by atoms with E-state index >= 15 is 0 Å². The van der Waals surface area contributed by atoms with Crippen LogP contribution >= 0.6 is 15.9 Å². The first kappa shape index (κ1) is 19.9. The number of nitrogens with zero attached hydrogens (tertiary/aromatic N) is 2. The summed E-state index contributed by atoms with van der Waals surface area (Å²) >= 11 is 3.43. The molecule has 2 atom stereocenters. The number of morpholine rings is 1. The molecule has 150 valence electrons. The van der Waals surface area contributed by atoms with Crippen molar-refractivity contribution in [2.45, 2.75) is 33.0 Å². The Morgan fingerprint density at radius 2 is 1.62 bits per heavy atom. The van der Waals surface area contributed by atoms with Crippen LogP contribution in [0.5, 0.6) is 0 Å². The highest BCUT2D eigenvalue weighted by atomic mass is 79.9. The van der Waals surface area contributed by atoms with Gasteiger partial charge in [-0.1, -0.05) is 51.8 Å². The van der Waals surface area contributed by atoms with Gasteiger partial charge in [-0.25, -0.2) is 4.90 Å². The Morgan fingerprint density at radius 1 is 0.966 bits per heavy atom. The summed E-state index contributed by atoms with van der Waals surface area (Å²) < 4.78 is 6.66. The number of aryl methyl sites for hydroxylation is 1. The second kappa shape index (κ2) is 7.76. The van der Waals surface area contributed by atoms with Gasteiger partial charge in [0.1, 0.15) is 5.70 Å². The fraction of sp³-hybridized carbons (Fsp3) is 0.304. The van der Waals surface area contributed by atoms with Crippen LogP contribution in [0.3, 0.4) is 0 Å². The van der Waals surface area contributed by atoms with Crippen molar-refractivity contribution in [3.63, 3.8) is 0 Å². The molecular formula is C23H23BrN2O3. The number of ether oxygens (including phenoxy) is 1. The predicted molar refractivity (Wildman–Crippen MR) is 116 cm³/mol. The molecule has 1 fully saturated rings. The van der Waals surface area contributed by atoms with Crippen molar-refractivity contribution in [3.8, 4) is 0 Å². The number of amides is 2. The van der Waals surface area contributed by atoms with Gasteiger partial charge in [-0.2, -0.15) is 0 Å². The summed E-state index contributed by atoms with van der Waals surface area (Å²) in [5.74, 6) is -0.580. The molecule has 2 aliphatic rings. The van der Waals surface area contributed by atoms with Crippen molar-refractivity contribution < 1.29 is 14.3 Å². The highest BCUT2D eigenvalue weighted by molar-refractivity contribution is 9.10. The van der Waals surface area contributed by atoms with Gasteiger partial charge in [0.25, 0.3) is 11.8 Å². The minimum Gasteiger partial charge on any atom is -0.372 e. The lowest BCUT2D eigenvalue weighted by molar-refractivity contribution is -0.121. The molecule has 2 aliphatic heterocycles. The quantitative estimate of drug-likeness (QED) is 0.653. The predicted octanol–water partition coefficient (Wildman–Crippen LogP) is 4.15. The van der Waals surface area contributed by atoms with E-state index in [1.54, 1.807) is 12.1 Å². The lowest BCUT2D eigenvalue weighted by atomic mass is 10.0. The summed E-state index contributed by atoms with van der Waals surface area (Å²) in [4.78, 5) is 30.3. The Hall–Kier alpha value is -2.44. The Morgan fingerprint density at radius 3 is 2.24 bits per heavy atom. The van der Waals surface area contributed by atoms with Crippen LogP contribution in [0, 0.1) is 6.92 Å². The van der Waals surface area contributed by atoms with Crippen LogP contribution in [0.15, 0.2) is 58.7 Å². The van der Waals surface area contributed by atoms with Crippen LogP contribution in [-0.2, 0) is 14.3 Å². The molecule has 29 heavy (non-hydrogen) atoms. The van der Waals surface area contributed by atoms with Crippen LogP contribution in [-0.4, -0.2) is 42.0 Å². The van der Waals surface area contributed by atoms with E-state index in [9.17, 15) is 9.59 Å². The number of carbonyl (C=O) groups is 2. The standard InChI is InChI=1S/C23H23BrN2O3/c1-14-7-9-17(10-8-14)20-21(25-12-15(2)29-16(3)13-25)23(28)26(22(20)27)19-6-4-5-18(24)11-19/h4-11,15-16H,12-13H2,1-3H3. The number of halogens is 1. The fourth-order valence-corrected chi connectivity index (χ4v) is 4.39. The van der Waals surface area contributed by atoms with E-state index in [-0.39, 0.29) is 24.0 Å². The number of rotatable bonds is 3. The molecule has 0 aromatic heterocycles. The molecule has 0 aliphatic carbocycles. The van der Waals surface area contributed by atoms with Gasteiger partial charge in [-0.15, -0.1) is 0 Å². The first-order chi connectivity index (χ1) is 13.8. The number of hydrogen-bond acceptors (Lipinski definition) is 4. The fourth-order valence-electron chi connectivity index (χ4n) is 4.00. The van der Waals surface area contributed by atoms with E-state index in [0.29, 0.717) is 30.0 Å². The van der Waals surface area contributed by atoms with Crippen LogP contribution in [0.25, 0.3) is 5.57 Å². The minimum atomic E-state index is -0.293. The molecule has 0 radical (unpaired) electrons. The molecule has 6 heteroatoms. The average molecular weight is 455 g/mol. The van der Waals surface area contributed by atoms with E-state index in [1.807, 2.05) is 62.1 Å². The van der Waals surface area contributed by atoms with Crippen molar-refractivity contribution >= 4 is 39.0 Å². The van der Waals surface area contributed by atoms with Gasteiger partial charge >= 0.3 is 0 Å². The van der Waals surface area contributed by atoms with Crippen LogP contribution < -0.4 is 4.90 Å². The van der Waals surface area contributed by atoms with Gasteiger partial charge in [0.15, 0.2) is 0 Å². The SMILES string of the molecule is Cc1ccc(C2=C(N3CC(C)OC(C)C3)C(=O)N(c3cccc(Br)c3)C2=O)cc1. The van der Waals surface area contributed by atoms with E-state index < -0.39 is 0 Å². The zero-order valence-electron chi connectivity index (χ0n) is 16.7. The molecule has 0 spiro atoms. The average Bonchev–Trinajstić information content (AvgIpc) is 2.92. The van der Waals surface area contributed by atoms with Gasteiger partial charge in [-0.3, -0.25) is 9.59 Å². The van der Waals surface area contributed by atoms with E-state index in [0.717, 1.165) is 15.6 Å². The largest absolute Gasteiger partial charge is 0.372 e. The molecule has 0 N–H and O–H groups in total. The summed E-state index contributed by atoms with van der Waals surface area (Å²) in [6.45, 7) is 7.12. The zero-order chi connectivity index (χ0) is 20.7. The number of imide groups is 1. The number of hydrogen-bond donors (Lipinski definition) is 0. The summed E-state index contributed by atoms with van der Waals surface area (Å²) in [6.07, 6.45) is -0.0401. The number of carbonyl (C=O) groups excluding carboxylic acids is 2. The monoisotopic (exact) mass is 454 g/mol. The molecule has 2 unspecified atom stereocenters. The highest BCUT2D eigenvalue weighted by Gasteiger charge is 2.43. The molecule has 2 aromatic rings. The molecule has 4 rings (SSSR count). The Balaban J connectivity index is 1.84. The van der Waals surface area contributed by atoms with Crippen molar-refractivity contribution in [2.75, 3.05) is 18.0 Å². The molecular weight excluding hydrogens is 432 g/mol. The lowest BCUT2D eigenvalue weighted by Crippen LogP contribution is -2.47. The van der Waals surface area contributed by atoms with Crippen LogP contribution in [0.2, 0.25) is 0 Å². The second-order valence-corrected chi connectivity index (χ2v) is 8.59. The van der Waals surface area contributed by atoms with Gasteiger partial charge in [0.05, 0.1) is 23.5 Å². The minimum absolute atomic E-state index is 0.0201. The summed E-state index contributed by atoms with van der Waals surface area (Å²) in [5, 5.41) is 0. The first-order valence-corrected chi connectivity index (χ1v) is 10.5. The molecule has 1 saturated heterocycles.